The zero-order valence-corrected chi connectivity index (χ0v) is 17.1. The van der Waals surface area contributed by atoms with Gasteiger partial charge in [-0.1, -0.05) is 6.92 Å². The molecule has 31 heavy (non-hydrogen) atoms. The fourth-order valence-electron chi connectivity index (χ4n) is 3.92. The largest absolute Gasteiger partial charge is 0.534 e. The van der Waals surface area contributed by atoms with E-state index in [1.165, 1.54) is 4.57 Å². The third-order valence-corrected chi connectivity index (χ3v) is 6.44. The molecule has 0 unspecified atom stereocenters. The maximum atomic E-state index is 15.1. The lowest BCUT2D eigenvalue weighted by Gasteiger charge is -2.23. The molecule has 0 bridgehead atoms. The van der Waals surface area contributed by atoms with E-state index < -0.39 is 32.8 Å². The van der Waals surface area contributed by atoms with Crippen molar-refractivity contribution in [3.63, 3.8) is 0 Å². The summed E-state index contributed by atoms with van der Waals surface area (Å²) in [5, 5.41) is 9.45. The summed E-state index contributed by atoms with van der Waals surface area (Å²) in [6.45, 7) is 2.88. The van der Waals surface area contributed by atoms with Crippen molar-refractivity contribution in [1.82, 2.24) is 4.57 Å². The van der Waals surface area contributed by atoms with Crippen LogP contribution in [-0.4, -0.2) is 31.6 Å². The van der Waals surface area contributed by atoms with Crippen LogP contribution in [0.5, 0.6) is 5.75 Å². The zero-order valence-electron chi connectivity index (χ0n) is 16.2. The highest BCUT2D eigenvalue weighted by molar-refractivity contribution is 7.88. The fraction of sp³-hybridized carbons (Fsp3) is 0.474. The van der Waals surface area contributed by atoms with Crippen molar-refractivity contribution < 1.29 is 30.2 Å². The molecule has 2 heterocycles. The Bertz CT molecular complexity index is 1280. The van der Waals surface area contributed by atoms with Gasteiger partial charge in [-0.05, 0) is 31.2 Å². The van der Waals surface area contributed by atoms with Gasteiger partial charge in [-0.25, -0.2) is 4.39 Å². The van der Waals surface area contributed by atoms with E-state index in [4.69, 9.17) is 0 Å². The number of hydrogen-bond donors (Lipinski definition) is 0. The van der Waals surface area contributed by atoms with Gasteiger partial charge in [0.1, 0.15) is 17.4 Å². The average molecular weight is 459 g/mol. The van der Waals surface area contributed by atoms with Gasteiger partial charge in [0.2, 0.25) is 0 Å². The van der Waals surface area contributed by atoms with E-state index in [1.807, 2.05) is 13.0 Å². The Labute approximate surface area is 174 Å². The van der Waals surface area contributed by atoms with Gasteiger partial charge >= 0.3 is 15.6 Å². The number of hydrogen-bond acceptors (Lipinski definition) is 6. The summed E-state index contributed by atoms with van der Waals surface area (Å²) >= 11 is 0. The van der Waals surface area contributed by atoms with Crippen LogP contribution in [0.4, 0.5) is 23.2 Å². The fourth-order valence-corrected chi connectivity index (χ4v) is 4.39. The van der Waals surface area contributed by atoms with Gasteiger partial charge in [0, 0.05) is 30.6 Å². The minimum atomic E-state index is -6.11. The monoisotopic (exact) mass is 459 g/mol. The van der Waals surface area contributed by atoms with Gasteiger partial charge < -0.3 is 13.7 Å². The van der Waals surface area contributed by atoms with Crippen molar-refractivity contribution in [2.24, 2.45) is 5.92 Å². The third kappa shape index (κ3) is 3.60. The van der Waals surface area contributed by atoms with Crippen molar-refractivity contribution in [1.29, 1.82) is 5.26 Å². The number of pyridine rings is 1. The van der Waals surface area contributed by atoms with Gasteiger partial charge in [0.05, 0.1) is 11.2 Å². The molecule has 12 heteroatoms. The third-order valence-electron chi connectivity index (χ3n) is 5.47. The molecule has 1 aromatic heterocycles. The van der Waals surface area contributed by atoms with Crippen LogP contribution in [0.15, 0.2) is 16.9 Å². The van der Waals surface area contributed by atoms with Crippen LogP contribution < -0.4 is 14.6 Å². The van der Waals surface area contributed by atoms with Crippen LogP contribution in [0.25, 0.3) is 10.9 Å². The predicted octanol–water partition coefficient (Wildman–Crippen LogP) is 3.42. The molecule has 0 N–H and O–H groups in total. The standard InChI is InChI=1S/C19H17F4N3O4S/c1-10-4-5-25(9-10)18-13(8-24)17-12(6-14(18)20)15(30-31(28,29)19(21,22)23)7-16(27)26(17)11-2-3-11/h6-7,10-11H,2-5,9H2,1H3/t10-/m0/s1. The number of nitriles is 1. The molecule has 2 aromatic rings. The topological polar surface area (TPSA) is 92.4 Å². The molecule has 1 saturated heterocycles. The molecule has 1 atom stereocenters. The summed E-state index contributed by atoms with van der Waals surface area (Å²) < 4.78 is 82.1. The first-order chi connectivity index (χ1) is 14.4. The van der Waals surface area contributed by atoms with Gasteiger partial charge in [0.15, 0.2) is 5.75 Å². The molecule has 166 valence electrons. The van der Waals surface area contributed by atoms with Crippen LogP contribution in [0.3, 0.4) is 0 Å². The number of anilines is 1. The molecule has 1 aliphatic carbocycles. The van der Waals surface area contributed by atoms with Gasteiger partial charge in [-0.3, -0.25) is 4.79 Å². The van der Waals surface area contributed by atoms with Crippen molar-refractivity contribution >= 4 is 26.7 Å². The summed E-state index contributed by atoms with van der Waals surface area (Å²) in [4.78, 5) is 14.4. The Balaban J connectivity index is 2.03. The number of aromatic nitrogens is 1. The lowest BCUT2D eigenvalue weighted by molar-refractivity contribution is -0.0499. The van der Waals surface area contributed by atoms with Crippen molar-refractivity contribution in [2.75, 3.05) is 18.0 Å². The first kappa shape index (κ1) is 21.4. The van der Waals surface area contributed by atoms with Crippen LogP contribution in [0.2, 0.25) is 0 Å². The van der Waals surface area contributed by atoms with Gasteiger partial charge in [-0.15, -0.1) is 0 Å². The molecule has 2 fully saturated rings. The van der Waals surface area contributed by atoms with Crippen LogP contribution in [-0.2, 0) is 10.1 Å². The maximum Gasteiger partial charge on any atom is 0.534 e. The van der Waals surface area contributed by atoms with E-state index in [9.17, 15) is 31.6 Å². The van der Waals surface area contributed by atoms with Crippen molar-refractivity contribution in [3.8, 4) is 11.8 Å². The molecule has 1 aromatic carbocycles. The Kier molecular flexibility index (Phi) is 4.92. The lowest BCUT2D eigenvalue weighted by atomic mass is 10.0. The quantitative estimate of drug-likeness (QED) is 0.395. The highest BCUT2D eigenvalue weighted by atomic mass is 32.2. The molecule has 1 aliphatic heterocycles. The van der Waals surface area contributed by atoms with Crippen LogP contribution >= 0.6 is 0 Å². The second-order valence-electron chi connectivity index (χ2n) is 7.86. The molecule has 0 spiro atoms. The molecule has 7 nitrogen and oxygen atoms in total. The normalized spacial score (nSPS) is 19.6. The second kappa shape index (κ2) is 7.12. The molecule has 0 amide bonds. The van der Waals surface area contributed by atoms with Crippen LogP contribution in [0, 0.1) is 23.1 Å². The molecule has 4 rings (SSSR count). The molecule has 2 aliphatic rings. The molecular formula is C19H17F4N3O4S. The lowest BCUT2D eigenvalue weighted by Crippen LogP contribution is -2.29. The SMILES string of the molecule is C[C@H]1CCN(c2c(F)cc3c(OS(=O)(=O)C(F)(F)F)cc(=O)n(C4CC4)c3c2C#N)C1. The predicted molar refractivity (Wildman–Crippen MR) is 103 cm³/mol. The number of benzene rings is 1. The zero-order chi connectivity index (χ0) is 22.7. The second-order valence-corrected chi connectivity index (χ2v) is 9.40. The van der Waals surface area contributed by atoms with Crippen molar-refractivity contribution in [3.05, 3.63) is 33.9 Å². The average Bonchev–Trinajstić information content (AvgIpc) is 3.40. The highest BCUT2D eigenvalue weighted by Crippen LogP contribution is 2.43. The first-order valence-electron chi connectivity index (χ1n) is 9.52. The van der Waals surface area contributed by atoms with E-state index in [0.717, 1.165) is 12.5 Å². The Morgan fingerprint density at radius 2 is 1.90 bits per heavy atom. The van der Waals surface area contributed by atoms with E-state index in [0.29, 0.717) is 32.0 Å². The summed E-state index contributed by atoms with van der Waals surface area (Å²) in [5.41, 5.74) is -6.98. The summed E-state index contributed by atoms with van der Waals surface area (Å²) in [6, 6.07) is 2.97. The smallest absolute Gasteiger partial charge is 0.375 e. The molecular weight excluding hydrogens is 442 g/mol. The molecule has 0 radical (unpaired) electrons. The minimum Gasteiger partial charge on any atom is -0.375 e. The van der Waals surface area contributed by atoms with E-state index in [1.54, 1.807) is 4.90 Å². The van der Waals surface area contributed by atoms with E-state index in [2.05, 4.69) is 4.18 Å². The molecule has 1 saturated carbocycles. The Morgan fingerprint density at radius 3 is 2.42 bits per heavy atom. The number of alkyl halides is 3. The summed E-state index contributed by atoms with van der Waals surface area (Å²) in [6.07, 6.45) is 1.94. The first-order valence-corrected chi connectivity index (χ1v) is 10.9. The number of halogens is 4. The minimum absolute atomic E-state index is 0.0519. The Morgan fingerprint density at radius 1 is 1.23 bits per heavy atom. The van der Waals surface area contributed by atoms with E-state index >= 15 is 4.39 Å². The van der Waals surface area contributed by atoms with Gasteiger partial charge in [-0.2, -0.15) is 26.9 Å². The van der Waals surface area contributed by atoms with Crippen molar-refractivity contribution in [2.45, 2.75) is 37.7 Å². The summed E-state index contributed by atoms with van der Waals surface area (Å²) in [5.74, 6) is -1.64. The maximum absolute atomic E-state index is 15.1. The summed E-state index contributed by atoms with van der Waals surface area (Å²) in [7, 11) is -6.11. The number of rotatable bonds is 4. The highest BCUT2D eigenvalue weighted by Gasteiger charge is 2.49. The van der Waals surface area contributed by atoms with E-state index in [-0.39, 0.29) is 34.1 Å². The van der Waals surface area contributed by atoms with Gasteiger partial charge in [0.25, 0.3) is 5.56 Å². The van der Waals surface area contributed by atoms with Crippen LogP contribution in [0.1, 0.15) is 37.8 Å². The number of nitrogens with zero attached hydrogens (tertiary/aromatic N) is 3. The Hall–Kier alpha value is -2.81. The number of fused-ring (bicyclic) bond motifs is 1.